The lowest BCUT2D eigenvalue weighted by atomic mass is 9.87. The highest BCUT2D eigenvalue weighted by Crippen LogP contribution is 2.45. The zero-order valence-electron chi connectivity index (χ0n) is 25.0. The van der Waals surface area contributed by atoms with Crippen molar-refractivity contribution in [2.75, 3.05) is 26.2 Å². The fourth-order valence-electron chi connectivity index (χ4n) is 5.90. The van der Waals surface area contributed by atoms with Gasteiger partial charge in [-0.1, -0.05) is 45.0 Å². The van der Waals surface area contributed by atoms with E-state index < -0.39 is 29.0 Å². The number of carboxylic acids is 1. The summed E-state index contributed by atoms with van der Waals surface area (Å²) in [7, 11) is 0. The van der Waals surface area contributed by atoms with Gasteiger partial charge >= 0.3 is 5.97 Å². The molecule has 2 fully saturated rings. The van der Waals surface area contributed by atoms with Gasteiger partial charge in [0, 0.05) is 50.3 Å². The monoisotopic (exact) mass is 596 g/mol. The molecule has 230 valence electrons. The molecule has 1 aliphatic heterocycles. The van der Waals surface area contributed by atoms with Gasteiger partial charge in [0.15, 0.2) is 11.6 Å². The Balaban J connectivity index is 1.04. The fraction of sp³-hybridized carbons (Fsp3) is 0.441. The lowest BCUT2D eigenvalue weighted by molar-refractivity contribution is -0.153. The van der Waals surface area contributed by atoms with E-state index in [2.05, 4.69) is 31.0 Å². The van der Waals surface area contributed by atoms with E-state index in [1.807, 2.05) is 48.5 Å². The van der Waals surface area contributed by atoms with Gasteiger partial charge in [0.1, 0.15) is 23.9 Å². The molecule has 5 rings (SSSR count). The van der Waals surface area contributed by atoms with Crippen LogP contribution < -0.4 is 14.8 Å². The molecule has 4 atom stereocenters. The highest BCUT2D eigenvalue weighted by molar-refractivity contribution is 5.78. The molecule has 3 aromatic carbocycles. The fourth-order valence-corrected chi connectivity index (χ4v) is 5.90. The topological polar surface area (TPSA) is 71.0 Å². The van der Waals surface area contributed by atoms with Crippen LogP contribution in [0.2, 0.25) is 0 Å². The molecule has 0 bridgehead atoms. The number of aliphatic carboxylic acids is 1. The largest absolute Gasteiger partial charge is 0.492 e. The van der Waals surface area contributed by atoms with Gasteiger partial charge in [-0.05, 0) is 65.6 Å². The quantitative estimate of drug-likeness (QED) is 0.199. The lowest BCUT2D eigenvalue weighted by Gasteiger charge is -2.27. The van der Waals surface area contributed by atoms with Crippen LogP contribution >= 0.6 is 0 Å². The van der Waals surface area contributed by atoms with E-state index in [0.29, 0.717) is 48.6 Å². The molecule has 0 spiro atoms. The van der Waals surface area contributed by atoms with E-state index in [4.69, 9.17) is 9.47 Å². The third-order valence-electron chi connectivity index (χ3n) is 8.48. The number of likely N-dealkylation sites (tertiary alicyclic amines) is 1. The predicted molar refractivity (Wildman–Crippen MR) is 158 cm³/mol. The second kappa shape index (κ2) is 12.2. The first kappa shape index (κ1) is 30.9. The van der Waals surface area contributed by atoms with Gasteiger partial charge in [0.2, 0.25) is 5.60 Å². The number of hydrogen-bond donors (Lipinski definition) is 2. The number of benzene rings is 3. The van der Waals surface area contributed by atoms with Crippen molar-refractivity contribution in [1.29, 1.82) is 0 Å². The SMILES string of the molecule is CC(Cc1ccc(OCCNC2[C@H]3CN(Cc4cc(F)c(F)cc4F)C[C@@H]23)cc1)(Oc1ccc(C(C)(C)C)cc1)C(=O)O. The first-order chi connectivity index (χ1) is 20.3. The average Bonchev–Trinajstić information content (AvgIpc) is 3.39. The third kappa shape index (κ3) is 7.33. The number of carbonyl (C=O) groups is 1. The zero-order chi connectivity index (χ0) is 30.9. The van der Waals surface area contributed by atoms with Crippen molar-refractivity contribution >= 4 is 5.97 Å². The average molecular weight is 597 g/mol. The summed E-state index contributed by atoms with van der Waals surface area (Å²) in [5, 5.41) is 13.5. The van der Waals surface area contributed by atoms with Gasteiger partial charge < -0.3 is 19.9 Å². The number of ether oxygens (including phenoxy) is 2. The molecule has 2 N–H and O–H groups in total. The maximum absolute atomic E-state index is 14.0. The molecular weight excluding hydrogens is 557 g/mol. The Morgan fingerprint density at radius 2 is 1.51 bits per heavy atom. The Labute approximate surface area is 250 Å². The summed E-state index contributed by atoms with van der Waals surface area (Å²) < 4.78 is 52.5. The summed E-state index contributed by atoms with van der Waals surface area (Å²) in [5.74, 6) is -1.84. The van der Waals surface area contributed by atoms with Crippen molar-refractivity contribution < 1.29 is 32.5 Å². The number of nitrogens with zero attached hydrogens (tertiary/aromatic N) is 1. The van der Waals surface area contributed by atoms with E-state index in [1.165, 1.54) is 0 Å². The number of hydrogen-bond acceptors (Lipinski definition) is 5. The standard InChI is InChI=1S/C34H39F3N2O4/c1-33(2,3)23-7-11-25(12-8-23)43-34(4,32(40)41)17-21-5-9-24(10-6-21)42-14-13-38-31-26-19-39(20-27(26)31)18-22-15-29(36)30(37)16-28(22)35/h5-12,15-16,26-27,31,38H,13-14,17-20H2,1-4H3,(H,40,41)/t26-,27+,31?,34?. The van der Waals surface area contributed by atoms with Crippen LogP contribution in [0.25, 0.3) is 0 Å². The molecule has 43 heavy (non-hydrogen) atoms. The van der Waals surface area contributed by atoms with E-state index in [-0.39, 0.29) is 23.9 Å². The summed E-state index contributed by atoms with van der Waals surface area (Å²) in [4.78, 5) is 14.2. The van der Waals surface area contributed by atoms with E-state index in [1.54, 1.807) is 6.92 Å². The smallest absolute Gasteiger partial charge is 0.348 e. The maximum Gasteiger partial charge on any atom is 0.348 e. The third-order valence-corrected chi connectivity index (χ3v) is 8.48. The van der Waals surface area contributed by atoms with Gasteiger partial charge in [0.25, 0.3) is 0 Å². The van der Waals surface area contributed by atoms with E-state index >= 15 is 0 Å². The highest BCUT2D eigenvalue weighted by atomic mass is 19.2. The molecule has 0 aromatic heterocycles. The Morgan fingerprint density at radius 1 is 0.907 bits per heavy atom. The van der Waals surface area contributed by atoms with Crippen LogP contribution in [0.1, 0.15) is 44.4 Å². The van der Waals surface area contributed by atoms with Crippen LogP contribution in [-0.4, -0.2) is 53.9 Å². The number of carboxylic acid groups (broad SMARTS) is 1. The van der Waals surface area contributed by atoms with Crippen molar-refractivity contribution in [3.8, 4) is 11.5 Å². The van der Waals surface area contributed by atoms with Crippen molar-refractivity contribution in [2.24, 2.45) is 11.8 Å². The van der Waals surface area contributed by atoms with Crippen molar-refractivity contribution in [3.05, 3.63) is 94.8 Å². The van der Waals surface area contributed by atoms with Crippen LogP contribution in [0, 0.1) is 29.3 Å². The lowest BCUT2D eigenvalue weighted by Crippen LogP contribution is -2.43. The number of halogens is 3. The van der Waals surface area contributed by atoms with E-state index in [9.17, 15) is 23.1 Å². The second-order valence-corrected chi connectivity index (χ2v) is 12.9. The number of piperidine rings is 1. The van der Waals surface area contributed by atoms with Gasteiger partial charge in [0.05, 0.1) is 0 Å². The Kier molecular flexibility index (Phi) is 8.77. The Bertz CT molecular complexity index is 1430. The minimum Gasteiger partial charge on any atom is -0.492 e. The van der Waals surface area contributed by atoms with Crippen LogP contribution in [0.5, 0.6) is 11.5 Å². The maximum atomic E-state index is 14.0. The van der Waals surface area contributed by atoms with Gasteiger partial charge in [-0.2, -0.15) is 0 Å². The minimum absolute atomic E-state index is 0.00692. The molecule has 1 saturated heterocycles. The molecule has 0 amide bonds. The second-order valence-electron chi connectivity index (χ2n) is 12.9. The first-order valence-corrected chi connectivity index (χ1v) is 14.7. The van der Waals surface area contributed by atoms with Gasteiger partial charge in [-0.25, -0.2) is 18.0 Å². The number of rotatable bonds is 12. The summed E-state index contributed by atoms with van der Waals surface area (Å²) >= 11 is 0. The zero-order valence-corrected chi connectivity index (χ0v) is 25.0. The van der Waals surface area contributed by atoms with Crippen molar-refractivity contribution in [3.63, 3.8) is 0 Å². The van der Waals surface area contributed by atoms with Crippen molar-refractivity contribution in [1.82, 2.24) is 10.2 Å². The van der Waals surface area contributed by atoms with Gasteiger partial charge in [-0.3, -0.25) is 4.90 Å². The number of fused-ring (bicyclic) bond motifs is 1. The molecule has 3 aromatic rings. The summed E-state index contributed by atoms with van der Waals surface area (Å²) in [6, 6.07) is 16.8. The molecule has 0 radical (unpaired) electrons. The van der Waals surface area contributed by atoms with Crippen LogP contribution in [0.15, 0.2) is 60.7 Å². The van der Waals surface area contributed by atoms with Gasteiger partial charge in [-0.15, -0.1) is 0 Å². The molecule has 1 saturated carbocycles. The Hall–Kier alpha value is -3.56. The molecule has 6 nitrogen and oxygen atoms in total. The van der Waals surface area contributed by atoms with Crippen LogP contribution in [0.3, 0.4) is 0 Å². The number of nitrogens with one attached hydrogen (secondary N) is 1. The highest BCUT2D eigenvalue weighted by Gasteiger charge is 2.55. The molecule has 2 unspecified atom stereocenters. The normalized spacial score (nSPS) is 21.2. The summed E-state index contributed by atoms with van der Waals surface area (Å²) in [6.07, 6.45) is 0.190. The molecule has 1 aliphatic carbocycles. The minimum atomic E-state index is -1.43. The van der Waals surface area contributed by atoms with Crippen molar-refractivity contribution in [2.45, 2.75) is 57.7 Å². The summed E-state index contributed by atoms with van der Waals surface area (Å²) in [5.41, 5.74) is 0.698. The predicted octanol–water partition coefficient (Wildman–Crippen LogP) is 5.97. The van der Waals surface area contributed by atoms with Crippen LogP contribution in [0.4, 0.5) is 13.2 Å². The van der Waals surface area contributed by atoms with Crippen LogP contribution in [-0.2, 0) is 23.2 Å². The molecular formula is C34H39F3N2O4. The first-order valence-electron chi connectivity index (χ1n) is 14.7. The van der Waals surface area contributed by atoms with E-state index in [0.717, 1.165) is 30.3 Å². The molecule has 1 heterocycles. The molecule has 9 heteroatoms. The summed E-state index contributed by atoms with van der Waals surface area (Å²) in [6.45, 7) is 10.9. The Morgan fingerprint density at radius 3 is 2.12 bits per heavy atom. The molecule has 2 aliphatic rings.